The molecule has 122 valence electrons. The summed E-state index contributed by atoms with van der Waals surface area (Å²) in [4.78, 5) is 12.7. The Bertz CT molecular complexity index is 663. The van der Waals surface area contributed by atoms with E-state index in [4.69, 9.17) is 0 Å². The number of carbonyl (C=O) groups is 1. The maximum atomic E-state index is 12.0. The number of nitrogens with one attached hydrogen (secondary N) is 2. The number of hydrogen-bond donors (Lipinski definition) is 2. The lowest BCUT2D eigenvalue weighted by molar-refractivity contribution is 0.252. The summed E-state index contributed by atoms with van der Waals surface area (Å²) in [6, 6.07) is 16.7. The summed E-state index contributed by atoms with van der Waals surface area (Å²) in [7, 11) is -1.10. The average molecular weight is 348 g/mol. The van der Waals surface area contributed by atoms with Crippen LogP contribution >= 0.6 is 11.8 Å². The van der Waals surface area contributed by atoms with E-state index in [1.54, 1.807) is 11.8 Å². The van der Waals surface area contributed by atoms with Gasteiger partial charge in [0.15, 0.2) is 0 Å². The van der Waals surface area contributed by atoms with Gasteiger partial charge in [0.2, 0.25) is 0 Å². The van der Waals surface area contributed by atoms with Gasteiger partial charge >= 0.3 is 6.03 Å². The molecule has 2 aromatic rings. The Morgan fingerprint density at radius 2 is 1.91 bits per heavy atom. The number of rotatable bonds is 7. The smallest absolute Gasteiger partial charge is 0.319 e. The molecular formula is C17H20N2O2S2. The van der Waals surface area contributed by atoms with Crippen LogP contribution in [0.2, 0.25) is 0 Å². The topological polar surface area (TPSA) is 58.2 Å². The normalized spacial score (nSPS) is 11.7. The maximum absolute atomic E-state index is 12.0. The second-order valence-electron chi connectivity index (χ2n) is 4.88. The molecule has 0 aliphatic rings. The molecule has 0 bridgehead atoms. The zero-order valence-corrected chi connectivity index (χ0v) is 14.6. The van der Waals surface area contributed by atoms with Gasteiger partial charge in [-0.3, -0.25) is 4.21 Å². The Hall–Kier alpha value is -1.79. The van der Waals surface area contributed by atoms with Crippen LogP contribution in [0.4, 0.5) is 10.5 Å². The first-order valence-corrected chi connectivity index (χ1v) is 9.96. The molecule has 4 nitrogen and oxygen atoms in total. The van der Waals surface area contributed by atoms with Crippen LogP contribution in [0.15, 0.2) is 59.5 Å². The van der Waals surface area contributed by atoms with E-state index in [1.807, 2.05) is 60.9 Å². The number of amides is 2. The number of thioether (sulfide) groups is 1. The summed E-state index contributed by atoms with van der Waals surface area (Å²) >= 11 is 1.74. The monoisotopic (exact) mass is 348 g/mol. The fraction of sp³-hybridized carbons (Fsp3) is 0.235. The van der Waals surface area contributed by atoms with E-state index in [0.717, 1.165) is 16.3 Å². The van der Waals surface area contributed by atoms with Crippen molar-refractivity contribution in [2.45, 2.75) is 10.6 Å². The van der Waals surface area contributed by atoms with E-state index in [-0.39, 0.29) is 6.03 Å². The van der Waals surface area contributed by atoms with Gasteiger partial charge in [-0.15, -0.1) is 0 Å². The Morgan fingerprint density at radius 1 is 1.13 bits per heavy atom. The van der Waals surface area contributed by atoms with Crippen LogP contribution in [-0.2, 0) is 16.6 Å². The molecule has 0 saturated heterocycles. The first kappa shape index (κ1) is 17.6. The summed E-state index contributed by atoms with van der Waals surface area (Å²) in [6.07, 6.45) is 2.04. The molecule has 0 aliphatic carbocycles. The summed E-state index contributed by atoms with van der Waals surface area (Å²) in [5.41, 5.74) is 1.93. The van der Waals surface area contributed by atoms with Gasteiger partial charge < -0.3 is 10.6 Å². The maximum Gasteiger partial charge on any atom is 0.319 e. The summed E-state index contributed by atoms with van der Waals surface area (Å²) < 4.78 is 12.0. The fourth-order valence-corrected chi connectivity index (χ4v) is 3.52. The van der Waals surface area contributed by atoms with Crippen LogP contribution in [0.5, 0.6) is 0 Å². The van der Waals surface area contributed by atoms with E-state index in [2.05, 4.69) is 10.6 Å². The van der Waals surface area contributed by atoms with E-state index >= 15 is 0 Å². The molecule has 0 saturated carbocycles. The molecular weight excluding hydrogens is 328 g/mol. The zero-order valence-electron chi connectivity index (χ0n) is 13.0. The van der Waals surface area contributed by atoms with Crippen molar-refractivity contribution in [1.29, 1.82) is 0 Å². The van der Waals surface area contributed by atoms with Gasteiger partial charge in [0, 0.05) is 28.6 Å². The van der Waals surface area contributed by atoms with E-state index in [0.29, 0.717) is 12.3 Å². The number of carbonyl (C=O) groups excluding carboxylic acids is 1. The minimum absolute atomic E-state index is 0.281. The Kier molecular flexibility index (Phi) is 7.16. The summed E-state index contributed by atoms with van der Waals surface area (Å²) in [6.45, 7) is 0.359. The van der Waals surface area contributed by atoms with Gasteiger partial charge in [0.1, 0.15) is 0 Å². The van der Waals surface area contributed by atoms with E-state index < -0.39 is 10.8 Å². The number of hydrogen-bond acceptors (Lipinski definition) is 3. The molecule has 0 radical (unpaired) electrons. The highest BCUT2D eigenvalue weighted by Gasteiger charge is 2.05. The van der Waals surface area contributed by atoms with Gasteiger partial charge in [-0.25, -0.2) is 4.79 Å². The van der Waals surface area contributed by atoms with Crippen molar-refractivity contribution in [3.8, 4) is 0 Å². The predicted molar refractivity (Wildman–Crippen MR) is 98.4 cm³/mol. The van der Waals surface area contributed by atoms with Gasteiger partial charge in [0.25, 0.3) is 0 Å². The highest BCUT2D eigenvalue weighted by Crippen LogP contribution is 2.14. The molecule has 0 aromatic heterocycles. The predicted octanol–water partition coefficient (Wildman–Crippen LogP) is 3.48. The van der Waals surface area contributed by atoms with Crippen LogP contribution in [0, 0.1) is 0 Å². The van der Waals surface area contributed by atoms with Crippen LogP contribution < -0.4 is 10.6 Å². The minimum Gasteiger partial charge on any atom is -0.337 e. The van der Waals surface area contributed by atoms with Crippen molar-refractivity contribution in [2.24, 2.45) is 0 Å². The van der Waals surface area contributed by atoms with Crippen molar-refractivity contribution >= 4 is 34.3 Å². The van der Waals surface area contributed by atoms with Gasteiger partial charge in [-0.1, -0.05) is 30.3 Å². The standard InChI is InChI=1S/C17H20N2O2S2/c1-22-13-14-6-5-7-15(12-14)19-17(20)18-10-11-23(21)16-8-3-2-4-9-16/h2-9,12H,10-11,13H2,1H3,(H2,18,19,20)/t23-/m0/s1. The molecule has 0 spiro atoms. The number of urea groups is 1. The molecule has 2 N–H and O–H groups in total. The first-order chi connectivity index (χ1) is 11.2. The second kappa shape index (κ2) is 9.37. The van der Waals surface area contributed by atoms with Crippen LogP contribution in [0.1, 0.15) is 5.56 Å². The van der Waals surface area contributed by atoms with Gasteiger partial charge in [0.05, 0.1) is 10.8 Å². The molecule has 0 fully saturated rings. The third-order valence-corrected chi connectivity index (χ3v) is 5.07. The summed E-state index contributed by atoms with van der Waals surface area (Å²) in [5.74, 6) is 1.30. The first-order valence-electron chi connectivity index (χ1n) is 7.25. The van der Waals surface area contributed by atoms with Crippen LogP contribution in [0.3, 0.4) is 0 Å². The quantitative estimate of drug-likeness (QED) is 0.805. The summed E-state index contributed by atoms with van der Waals surface area (Å²) in [5, 5.41) is 5.53. The largest absolute Gasteiger partial charge is 0.337 e. The second-order valence-corrected chi connectivity index (χ2v) is 7.31. The average Bonchev–Trinajstić information content (AvgIpc) is 2.56. The Morgan fingerprint density at radius 3 is 2.65 bits per heavy atom. The van der Waals surface area contributed by atoms with Crippen molar-refractivity contribution in [3.63, 3.8) is 0 Å². The van der Waals surface area contributed by atoms with Crippen LogP contribution in [0.25, 0.3) is 0 Å². The van der Waals surface area contributed by atoms with Gasteiger partial charge in [-0.2, -0.15) is 11.8 Å². The highest BCUT2D eigenvalue weighted by atomic mass is 32.2. The van der Waals surface area contributed by atoms with Crippen molar-refractivity contribution in [3.05, 3.63) is 60.2 Å². The molecule has 0 unspecified atom stereocenters. The fourth-order valence-electron chi connectivity index (χ4n) is 2.03. The molecule has 2 amide bonds. The van der Waals surface area contributed by atoms with Crippen LogP contribution in [-0.4, -0.2) is 28.8 Å². The molecule has 2 rings (SSSR count). The lowest BCUT2D eigenvalue weighted by Crippen LogP contribution is -2.31. The lowest BCUT2D eigenvalue weighted by Gasteiger charge is -2.09. The Balaban J connectivity index is 1.77. The molecule has 2 aromatic carbocycles. The molecule has 0 heterocycles. The molecule has 1 atom stereocenters. The molecule has 0 aliphatic heterocycles. The number of anilines is 1. The third-order valence-electron chi connectivity index (χ3n) is 3.07. The van der Waals surface area contributed by atoms with Gasteiger partial charge in [-0.05, 0) is 36.1 Å². The SMILES string of the molecule is CSCc1cccc(NC(=O)NCC[S@](=O)c2ccccc2)c1. The lowest BCUT2D eigenvalue weighted by atomic mass is 10.2. The van der Waals surface area contributed by atoms with E-state index in [1.165, 1.54) is 5.56 Å². The zero-order chi connectivity index (χ0) is 16.5. The molecule has 23 heavy (non-hydrogen) atoms. The van der Waals surface area contributed by atoms with Crippen molar-refractivity contribution < 1.29 is 9.00 Å². The van der Waals surface area contributed by atoms with E-state index in [9.17, 15) is 9.00 Å². The molecule has 6 heteroatoms. The highest BCUT2D eigenvalue weighted by molar-refractivity contribution is 7.97. The van der Waals surface area contributed by atoms with Crippen molar-refractivity contribution in [2.75, 3.05) is 23.9 Å². The Labute approximate surface area is 143 Å². The minimum atomic E-state index is -1.10. The number of benzene rings is 2. The third kappa shape index (κ3) is 6.08. The van der Waals surface area contributed by atoms with Crippen molar-refractivity contribution in [1.82, 2.24) is 5.32 Å².